The molecule has 1 fully saturated rings. The summed E-state index contributed by atoms with van der Waals surface area (Å²) < 4.78 is 5.64. The predicted molar refractivity (Wildman–Crippen MR) is 97.0 cm³/mol. The van der Waals surface area contributed by atoms with Crippen LogP contribution in [-0.2, 0) is 22.6 Å². The van der Waals surface area contributed by atoms with Crippen molar-refractivity contribution in [2.45, 2.75) is 25.8 Å². The molecule has 1 aromatic carbocycles. The van der Waals surface area contributed by atoms with Crippen molar-refractivity contribution in [1.29, 1.82) is 0 Å². The molecule has 2 aromatic rings. The summed E-state index contributed by atoms with van der Waals surface area (Å²) in [6.45, 7) is 2.25. The van der Waals surface area contributed by atoms with Gasteiger partial charge in [-0.3, -0.25) is 9.59 Å². The maximum atomic E-state index is 12.4. The summed E-state index contributed by atoms with van der Waals surface area (Å²) in [5, 5.41) is 2.09. The first-order valence-electron chi connectivity index (χ1n) is 8.57. The maximum Gasteiger partial charge on any atom is 0.260 e. The van der Waals surface area contributed by atoms with Gasteiger partial charge in [-0.25, -0.2) is 0 Å². The maximum absolute atomic E-state index is 12.4. The first-order chi connectivity index (χ1) is 12.2. The van der Waals surface area contributed by atoms with Crippen molar-refractivity contribution in [2.24, 2.45) is 0 Å². The Kier molecular flexibility index (Phi) is 4.44. The zero-order valence-electron chi connectivity index (χ0n) is 13.9. The van der Waals surface area contributed by atoms with Crippen LogP contribution in [0.25, 0.3) is 0 Å². The van der Waals surface area contributed by atoms with Gasteiger partial charge >= 0.3 is 0 Å². The molecule has 25 heavy (non-hydrogen) atoms. The molecule has 0 bridgehead atoms. The van der Waals surface area contributed by atoms with E-state index in [1.165, 1.54) is 10.4 Å². The summed E-state index contributed by atoms with van der Waals surface area (Å²) in [7, 11) is 0. The van der Waals surface area contributed by atoms with Crippen molar-refractivity contribution in [3.63, 3.8) is 0 Å². The number of amides is 2. The van der Waals surface area contributed by atoms with E-state index in [0.717, 1.165) is 31.6 Å². The van der Waals surface area contributed by atoms with E-state index in [2.05, 4.69) is 11.4 Å². The highest BCUT2D eigenvalue weighted by Gasteiger charge is 2.23. The number of hydrogen-bond acceptors (Lipinski definition) is 4. The topological polar surface area (TPSA) is 49.9 Å². The van der Waals surface area contributed by atoms with Crippen LogP contribution in [0.2, 0.25) is 0 Å². The van der Waals surface area contributed by atoms with E-state index in [9.17, 15) is 9.59 Å². The van der Waals surface area contributed by atoms with E-state index in [0.29, 0.717) is 18.7 Å². The summed E-state index contributed by atoms with van der Waals surface area (Å²) in [5.74, 6) is 0.828. The largest absolute Gasteiger partial charge is 0.484 e. The van der Waals surface area contributed by atoms with Gasteiger partial charge in [0.15, 0.2) is 6.61 Å². The fourth-order valence-corrected chi connectivity index (χ4v) is 4.23. The number of nitrogens with zero attached hydrogens (tertiary/aromatic N) is 2. The highest BCUT2D eigenvalue weighted by Crippen LogP contribution is 2.25. The number of benzene rings is 1. The molecule has 0 N–H and O–H groups in total. The number of anilines is 1. The van der Waals surface area contributed by atoms with Crippen molar-refractivity contribution >= 4 is 28.8 Å². The Hall–Kier alpha value is -2.34. The number of carbonyl (C=O) groups excluding carboxylic acids is 2. The van der Waals surface area contributed by atoms with Crippen LogP contribution in [0.15, 0.2) is 35.7 Å². The van der Waals surface area contributed by atoms with Crippen molar-refractivity contribution < 1.29 is 14.3 Å². The van der Waals surface area contributed by atoms with Crippen LogP contribution in [0.1, 0.15) is 23.3 Å². The van der Waals surface area contributed by atoms with Crippen LogP contribution >= 0.6 is 11.3 Å². The minimum Gasteiger partial charge on any atom is -0.484 e. The van der Waals surface area contributed by atoms with Gasteiger partial charge in [0.25, 0.3) is 5.91 Å². The third-order valence-electron chi connectivity index (χ3n) is 4.74. The first-order valence-corrected chi connectivity index (χ1v) is 9.45. The normalized spacial score (nSPS) is 16.9. The molecular formula is C19H20N2O3S. The standard InChI is InChI=1S/C19H20N2O3S/c22-18-2-1-9-21(18)15-3-5-16(6-4-15)24-13-19(23)20-10-7-17-14(12-20)8-11-25-17/h3-6,8,11H,1-2,7,9-10,12-13H2. The lowest BCUT2D eigenvalue weighted by atomic mass is 10.1. The lowest BCUT2D eigenvalue weighted by Gasteiger charge is -2.27. The minimum absolute atomic E-state index is 0.00986. The molecule has 0 aliphatic carbocycles. The fraction of sp³-hybridized carbons (Fsp3) is 0.368. The zero-order valence-corrected chi connectivity index (χ0v) is 14.8. The molecule has 0 atom stereocenters. The van der Waals surface area contributed by atoms with E-state index < -0.39 is 0 Å². The van der Waals surface area contributed by atoms with Gasteiger partial charge in [-0.1, -0.05) is 0 Å². The van der Waals surface area contributed by atoms with E-state index in [1.807, 2.05) is 29.2 Å². The number of hydrogen-bond donors (Lipinski definition) is 0. The second-order valence-corrected chi connectivity index (χ2v) is 7.37. The highest BCUT2D eigenvalue weighted by molar-refractivity contribution is 7.10. The van der Waals surface area contributed by atoms with Crippen molar-refractivity contribution in [2.75, 3.05) is 24.6 Å². The molecule has 0 unspecified atom stereocenters. The molecule has 0 spiro atoms. The second-order valence-electron chi connectivity index (χ2n) is 6.37. The minimum atomic E-state index is 0.00986. The summed E-state index contributed by atoms with van der Waals surface area (Å²) in [6.07, 6.45) is 2.46. The Morgan fingerprint density at radius 3 is 2.72 bits per heavy atom. The zero-order chi connectivity index (χ0) is 17.2. The molecule has 3 heterocycles. The monoisotopic (exact) mass is 356 g/mol. The van der Waals surface area contributed by atoms with Crippen LogP contribution < -0.4 is 9.64 Å². The van der Waals surface area contributed by atoms with Crippen LogP contribution in [0.4, 0.5) is 5.69 Å². The van der Waals surface area contributed by atoms with Gasteiger partial charge in [0, 0.05) is 36.6 Å². The number of rotatable bonds is 4. The second kappa shape index (κ2) is 6.88. The molecular weight excluding hydrogens is 336 g/mol. The summed E-state index contributed by atoms with van der Waals surface area (Å²) in [6, 6.07) is 9.49. The Labute approximate surface area is 150 Å². The van der Waals surface area contributed by atoms with Crippen LogP contribution in [0.5, 0.6) is 5.75 Å². The summed E-state index contributed by atoms with van der Waals surface area (Å²) in [4.78, 5) is 29.2. The molecule has 0 radical (unpaired) electrons. The van der Waals surface area contributed by atoms with E-state index in [-0.39, 0.29) is 18.4 Å². The molecule has 2 amide bonds. The van der Waals surface area contributed by atoms with Crippen LogP contribution in [-0.4, -0.2) is 36.4 Å². The Bertz CT molecular complexity index is 784. The van der Waals surface area contributed by atoms with Crippen molar-refractivity contribution in [3.05, 3.63) is 46.2 Å². The third kappa shape index (κ3) is 3.39. The quantitative estimate of drug-likeness (QED) is 0.846. The number of ether oxygens (including phenoxy) is 1. The third-order valence-corrected chi connectivity index (χ3v) is 5.77. The van der Waals surface area contributed by atoms with E-state index >= 15 is 0 Å². The number of carbonyl (C=O) groups is 2. The molecule has 2 aliphatic rings. The van der Waals surface area contributed by atoms with Gasteiger partial charge in [0.1, 0.15) is 5.75 Å². The lowest BCUT2D eigenvalue weighted by Crippen LogP contribution is -2.38. The molecule has 6 heteroatoms. The van der Waals surface area contributed by atoms with Gasteiger partial charge in [-0.2, -0.15) is 0 Å². The molecule has 0 saturated carbocycles. The van der Waals surface area contributed by atoms with Gasteiger partial charge in [-0.05, 0) is 54.1 Å². The van der Waals surface area contributed by atoms with Crippen molar-refractivity contribution in [1.82, 2.24) is 4.90 Å². The van der Waals surface area contributed by atoms with E-state index in [4.69, 9.17) is 4.74 Å². The lowest BCUT2D eigenvalue weighted by molar-refractivity contribution is -0.134. The van der Waals surface area contributed by atoms with E-state index in [1.54, 1.807) is 16.2 Å². The first kappa shape index (κ1) is 16.1. The van der Waals surface area contributed by atoms with Crippen molar-refractivity contribution in [3.8, 4) is 5.75 Å². The molecule has 5 nitrogen and oxygen atoms in total. The molecule has 1 aromatic heterocycles. The summed E-state index contributed by atoms with van der Waals surface area (Å²) in [5.41, 5.74) is 2.14. The fourth-order valence-electron chi connectivity index (χ4n) is 3.34. The Morgan fingerprint density at radius 2 is 1.96 bits per heavy atom. The number of thiophene rings is 1. The average molecular weight is 356 g/mol. The number of fused-ring (bicyclic) bond motifs is 1. The predicted octanol–water partition coefficient (Wildman–Crippen LogP) is 2.84. The van der Waals surface area contributed by atoms with Gasteiger partial charge < -0.3 is 14.5 Å². The Morgan fingerprint density at radius 1 is 1.12 bits per heavy atom. The van der Waals surface area contributed by atoms with Gasteiger partial charge in [0.05, 0.1) is 0 Å². The summed E-state index contributed by atoms with van der Waals surface area (Å²) >= 11 is 1.76. The van der Waals surface area contributed by atoms with Crippen LogP contribution in [0.3, 0.4) is 0 Å². The molecule has 4 rings (SSSR count). The molecule has 1 saturated heterocycles. The SMILES string of the molecule is O=C(COc1ccc(N2CCCC2=O)cc1)N1CCc2sccc2C1. The highest BCUT2D eigenvalue weighted by atomic mass is 32.1. The average Bonchev–Trinajstić information content (AvgIpc) is 3.28. The van der Waals surface area contributed by atoms with Gasteiger partial charge in [0.2, 0.25) is 5.91 Å². The van der Waals surface area contributed by atoms with Gasteiger partial charge in [-0.15, -0.1) is 11.3 Å². The van der Waals surface area contributed by atoms with Crippen LogP contribution in [0, 0.1) is 0 Å². The smallest absolute Gasteiger partial charge is 0.260 e. The molecule has 2 aliphatic heterocycles. The Balaban J connectivity index is 1.32. The molecule has 130 valence electrons.